The van der Waals surface area contributed by atoms with Crippen molar-refractivity contribution in [2.75, 3.05) is 13.7 Å². The maximum Gasteiger partial charge on any atom is 0.311 e. The molecule has 3 aliphatic rings. The number of methoxy groups -OCH3 is 1. The highest BCUT2D eigenvalue weighted by Crippen LogP contribution is 2.44. The molecule has 0 aliphatic carbocycles. The third kappa shape index (κ3) is 9.45. The molecule has 8 N–H and O–H groups in total. The summed E-state index contributed by atoms with van der Waals surface area (Å²) >= 11 is 0. The molecule has 14 nitrogen and oxygen atoms in total. The highest BCUT2D eigenvalue weighted by atomic mass is 16.7. The maximum atomic E-state index is 14.1. The third-order valence-corrected chi connectivity index (χ3v) is 12.2. The van der Waals surface area contributed by atoms with E-state index in [1.165, 1.54) is 14.0 Å². The van der Waals surface area contributed by atoms with Crippen LogP contribution in [0.15, 0.2) is 0 Å². The zero-order chi connectivity index (χ0) is 38.9. The maximum absolute atomic E-state index is 14.1. The normalized spacial score (nSPS) is 51.3. The Kier molecular flexibility index (Phi) is 15.0. The molecule has 3 heterocycles. The topological polar surface area (TPSA) is 212 Å². The number of carbonyl (C=O) groups excluding carboxylic acids is 1. The van der Waals surface area contributed by atoms with Gasteiger partial charge in [0.2, 0.25) is 0 Å². The fraction of sp³-hybridized carbons (Fsp3) is 0.973. The Morgan fingerprint density at radius 1 is 0.961 bits per heavy atom. The molecular formula is C37H70N2O12. The Balaban J connectivity index is 2.15. The predicted octanol–water partition coefficient (Wildman–Crippen LogP) is 1.74. The molecule has 3 aliphatic heterocycles. The number of nitrogens with two attached hydrogens (primary N) is 1. The fourth-order valence-electron chi connectivity index (χ4n) is 8.61. The second-order valence-corrected chi connectivity index (χ2v) is 16.5. The first-order chi connectivity index (χ1) is 23.5. The second kappa shape index (κ2) is 17.2. The molecule has 0 radical (unpaired) electrons. The highest BCUT2D eigenvalue weighted by molar-refractivity contribution is 5.73. The monoisotopic (exact) mass is 734 g/mol. The van der Waals surface area contributed by atoms with Crippen molar-refractivity contribution < 1.29 is 58.7 Å². The van der Waals surface area contributed by atoms with Crippen molar-refractivity contribution in [1.29, 1.82) is 0 Å². The van der Waals surface area contributed by atoms with Crippen LogP contribution in [0.1, 0.15) is 108 Å². The molecule has 0 bridgehead atoms. The molecule has 51 heavy (non-hydrogen) atoms. The number of hydrogen-bond donors (Lipinski definition) is 7. The summed E-state index contributed by atoms with van der Waals surface area (Å²) in [6, 6.07) is -0.939. The van der Waals surface area contributed by atoms with E-state index in [-0.39, 0.29) is 31.4 Å². The summed E-state index contributed by atoms with van der Waals surface area (Å²) < 4.78 is 37.5. The van der Waals surface area contributed by atoms with Crippen LogP contribution >= 0.6 is 0 Å². The molecule has 0 aromatic carbocycles. The molecule has 0 spiro atoms. The van der Waals surface area contributed by atoms with Crippen LogP contribution in [0.25, 0.3) is 0 Å². The predicted molar refractivity (Wildman–Crippen MR) is 189 cm³/mol. The van der Waals surface area contributed by atoms with Gasteiger partial charge in [-0.3, -0.25) is 4.79 Å². The molecule has 300 valence electrons. The summed E-state index contributed by atoms with van der Waals surface area (Å²) in [5, 5.41) is 61.3. The Hall–Kier alpha value is -1.01. The Labute approximate surface area is 305 Å². The van der Waals surface area contributed by atoms with Crippen LogP contribution in [0, 0.1) is 17.8 Å². The second-order valence-electron chi connectivity index (χ2n) is 16.5. The molecule has 1 unspecified atom stereocenters. The first kappa shape index (κ1) is 44.4. The van der Waals surface area contributed by atoms with E-state index in [4.69, 9.17) is 34.2 Å². The SMILES string of the molecule is CC[C@@H]1OC(=O)[C@H](C)[C@H](OC2C[C@@](C)(OC)[C@](O)(CC)[C@H](C)O2)[C@@H](C)[C@@H](O[C@@H]2O[C@H](C)C[C@H](N)[C@H]2O)[C@](C)(O)C[C@@H](C)NC[C@@H](C)[C@H](O)[C@]1(C)O. The van der Waals surface area contributed by atoms with Gasteiger partial charge in [-0.2, -0.15) is 0 Å². The number of rotatable bonds is 7. The Morgan fingerprint density at radius 3 is 2.16 bits per heavy atom. The molecule has 18 atom stereocenters. The summed E-state index contributed by atoms with van der Waals surface area (Å²) in [6.07, 6.45) is -7.60. The molecule has 3 rings (SSSR count). The van der Waals surface area contributed by atoms with E-state index in [9.17, 15) is 30.3 Å². The average Bonchev–Trinajstić information content (AvgIpc) is 3.06. The van der Waals surface area contributed by atoms with Crippen LogP contribution in [0.3, 0.4) is 0 Å². The minimum absolute atomic E-state index is 0.110. The van der Waals surface area contributed by atoms with E-state index in [1.54, 1.807) is 48.5 Å². The molecule has 14 heteroatoms. The first-order valence-corrected chi connectivity index (χ1v) is 18.9. The van der Waals surface area contributed by atoms with Crippen LogP contribution in [0.2, 0.25) is 0 Å². The molecule has 0 saturated carbocycles. The van der Waals surface area contributed by atoms with Crippen LogP contribution in [0.5, 0.6) is 0 Å². The zero-order valence-electron chi connectivity index (χ0n) is 33.0. The van der Waals surface area contributed by atoms with Crippen molar-refractivity contribution in [2.45, 2.75) is 198 Å². The van der Waals surface area contributed by atoms with Gasteiger partial charge in [-0.15, -0.1) is 0 Å². The summed E-state index contributed by atoms with van der Waals surface area (Å²) in [6.45, 7) is 19.5. The first-order valence-electron chi connectivity index (χ1n) is 18.9. The number of esters is 1. The standard InChI is InChI=1S/C37H70N2O12/c1-13-26-36(11,44)30(41)19(3)18-39-20(4)16-34(9,43)31(51-33-28(40)25(38)15-21(5)47-33)22(6)29(23(7)32(42)49-26)50-27-17-35(10,46-12)37(45,14-2)24(8)48-27/h19-31,33,39-41,43-45H,13-18,38H2,1-12H3/t19-,20-,21-,22-,23-,24+,25+,26+,27?,28-,29-,30+,31-,33+,34-,35-,36-,37+/m1/s1. The minimum atomic E-state index is -1.79. The molecular weight excluding hydrogens is 664 g/mol. The van der Waals surface area contributed by atoms with E-state index >= 15 is 0 Å². The molecule has 3 fully saturated rings. The van der Waals surface area contributed by atoms with Gasteiger partial charge in [0.05, 0.1) is 42.0 Å². The van der Waals surface area contributed by atoms with Crippen LogP contribution in [-0.4, -0.2) is 135 Å². The number of ether oxygens (including phenoxy) is 6. The molecule has 0 aromatic heterocycles. The van der Waals surface area contributed by atoms with Crippen LogP contribution < -0.4 is 11.1 Å². The van der Waals surface area contributed by atoms with E-state index in [2.05, 4.69) is 5.32 Å². The van der Waals surface area contributed by atoms with Crippen molar-refractivity contribution >= 4 is 5.97 Å². The van der Waals surface area contributed by atoms with Gasteiger partial charge in [0.1, 0.15) is 29.0 Å². The summed E-state index contributed by atoms with van der Waals surface area (Å²) in [5.74, 6) is -2.97. The van der Waals surface area contributed by atoms with Gasteiger partial charge in [0.15, 0.2) is 12.6 Å². The lowest BCUT2D eigenvalue weighted by molar-refractivity contribution is -0.337. The van der Waals surface area contributed by atoms with Gasteiger partial charge in [-0.25, -0.2) is 0 Å². The lowest BCUT2D eigenvalue weighted by atomic mass is 9.74. The number of cyclic esters (lactones) is 1. The van der Waals surface area contributed by atoms with Gasteiger partial charge in [0, 0.05) is 38.1 Å². The summed E-state index contributed by atoms with van der Waals surface area (Å²) in [4.78, 5) is 14.1. The number of carbonyl (C=O) groups is 1. The lowest BCUT2D eigenvalue weighted by Crippen LogP contribution is -2.66. The van der Waals surface area contributed by atoms with E-state index in [0.717, 1.165) is 0 Å². The van der Waals surface area contributed by atoms with Crippen LogP contribution in [0.4, 0.5) is 0 Å². The summed E-state index contributed by atoms with van der Waals surface area (Å²) in [7, 11) is 1.52. The lowest BCUT2D eigenvalue weighted by Gasteiger charge is -2.53. The average molecular weight is 735 g/mol. The highest BCUT2D eigenvalue weighted by Gasteiger charge is 2.57. The quantitative estimate of drug-likeness (QED) is 0.186. The van der Waals surface area contributed by atoms with Gasteiger partial charge < -0.3 is 65.0 Å². The molecule has 3 saturated heterocycles. The van der Waals surface area contributed by atoms with E-state index in [0.29, 0.717) is 19.4 Å². The van der Waals surface area contributed by atoms with Gasteiger partial charge in [-0.05, 0) is 80.1 Å². The number of nitrogens with one attached hydrogen (secondary N) is 1. The van der Waals surface area contributed by atoms with Gasteiger partial charge in [0.25, 0.3) is 0 Å². The van der Waals surface area contributed by atoms with Gasteiger partial charge in [-0.1, -0.05) is 27.7 Å². The Morgan fingerprint density at radius 2 is 1.59 bits per heavy atom. The van der Waals surface area contributed by atoms with Crippen molar-refractivity contribution in [3.8, 4) is 0 Å². The number of aliphatic hydroxyl groups excluding tert-OH is 2. The third-order valence-electron chi connectivity index (χ3n) is 12.2. The zero-order valence-corrected chi connectivity index (χ0v) is 33.0. The molecule has 0 amide bonds. The van der Waals surface area contributed by atoms with Crippen LogP contribution in [-0.2, 0) is 33.2 Å². The fourth-order valence-corrected chi connectivity index (χ4v) is 8.61. The smallest absolute Gasteiger partial charge is 0.311 e. The largest absolute Gasteiger partial charge is 0.459 e. The van der Waals surface area contributed by atoms with Crippen molar-refractivity contribution in [1.82, 2.24) is 5.32 Å². The number of hydrogen-bond acceptors (Lipinski definition) is 14. The van der Waals surface area contributed by atoms with Gasteiger partial charge >= 0.3 is 5.97 Å². The van der Waals surface area contributed by atoms with Crippen molar-refractivity contribution in [3.05, 3.63) is 0 Å². The Bertz CT molecular complexity index is 1130. The van der Waals surface area contributed by atoms with E-state index in [1.807, 2.05) is 20.8 Å². The van der Waals surface area contributed by atoms with Crippen molar-refractivity contribution in [3.63, 3.8) is 0 Å². The van der Waals surface area contributed by atoms with Crippen molar-refractivity contribution in [2.24, 2.45) is 23.5 Å². The molecule has 0 aromatic rings. The number of aliphatic hydroxyl groups is 5. The van der Waals surface area contributed by atoms with E-state index < -0.39 is 101 Å². The minimum Gasteiger partial charge on any atom is -0.459 e. The summed E-state index contributed by atoms with van der Waals surface area (Å²) in [5.41, 5.74) is 0.463.